The molecule has 6 heteroatoms. The molecule has 0 atom stereocenters. The van der Waals surface area contributed by atoms with E-state index in [0.717, 1.165) is 0 Å². The Bertz CT molecular complexity index is 125. The molecule has 0 aromatic carbocycles. The molecule has 0 saturated heterocycles. The van der Waals surface area contributed by atoms with Crippen molar-refractivity contribution >= 4 is 10.5 Å². The maximum Gasteiger partial charge on any atom is 0.439 e. The van der Waals surface area contributed by atoms with Crippen molar-refractivity contribution in [1.82, 2.24) is 0 Å². The quantitative estimate of drug-likeness (QED) is 0.391. The van der Waals surface area contributed by atoms with Gasteiger partial charge in [0, 0.05) is 0 Å². The van der Waals surface area contributed by atoms with E-state index in [1.165, 1.54) is 0 Å². The third kappa shape index (κ3) is 5.80. The van der Waals surface area contributed by atoms with Gasteiger partial charge in [-0.3, -0.25) is 0 Å². The lowest BCUT2D eigenvalue weighted by molar-refractivity contribution is 0.0980. The van der Waals surface area contributed by atoms with Crippen LogP contribution in [0.1, 0.15) is 0 Å². The van der Waals surface area contributed by atoms with E-state index in [2.05, 4.69) is 4.18 Å². The van der Waals surface area contributed by atoms with Crippen LogP contribution in [0.4, 0.5) is 3.89 Å². The molecule has 0 amide bonds. The molecule has 0 aliphatic carbocycles. The van der Waals surface area contributed by atoms with E-state index >= 15 is 0 Å². The Labute approximate surface area is 39.9 Å². The van der Waals surface area contributed by atoms with Gasteiger partial charge < -0.3 is 5.11 Å². The maximum atomic E-state index is 11.0. The molecule has 0 saturated carbocycles. The highest BCUT2D eigenvalue weighted by molar-refractivity contribution is 7.81. The number of halogens is 1. The lowest BCUT2D eigenvalue weighted by atomic mass is 11.6. The lowest BCUT2D eigenvalue weighted by Crippen LogP contribution is -1.97. The molecule has 0 aromatic heterocycles. The molecular formula is CH3FO4S. The first-order valence-electron chi connectivity index (χ1n) is 1.26. The van der Waals surface area contributed by atoms with Crippen molar-refractivity contribution < 1.29 is 21.6 Å². The molecule has 7 heavy (non-hydrogen) atoms. The standard InChI is InChI=1S/CH3FO4S/c2-7(4,5)6-1-3/h3H,1H2. The van der Waals surface area contributed by atoms with Gasteiger partial charge in [-0.05, 0) is 0 Å². The van der Waals surface area contributed by atoms with Gasteiger partial charge in [0.2, 0.25) is 0 Å². The second-order valence-corrected chi connectivity index (χ2v) is 1.66. The highest BCUT2D eigenvalue weighted by atomic mass is 32.3. The van der Waals surface area contributed by atoms with Gasteiger partial charge in [0.25, 0.3) is 0 Å². The minimum Gasteiger partial charge on any atom is -0.369 e. The first-order valence-corrected chi connectivity index (χ1v) is 2.57. The second-order valence-electron chi connectivity index (χ2n) is 0.640. The zero-order valence-electron chi connectivity index (χ0n) is 3.17. The van der Waals surface area contributed by atoms with Crippen LogP contribution in [0.5, 0.6) is 0 Å². The van der Waals surface area contributed by atoms with Gasteiger partial charge in [-0.15, -0.1) is 0 Å². The molecule has 0 unspecified atom stereocenters. The summed E-state index contributed by atoms with van der Waals surface area (Å²) in [6.07, 6.45) is 0. The van der Waals surface area contributed by atoms with Crippen LogP contribution >= 0.6 is 0 Å². The van der Waals surface area contributed by atoms with Crippen molar-refractivity contribution in [2.45, 2.75) is 0 Å². The second kappa shape index (κ2) is 2.20. The van der Waals surface area contributed by atoms with Gasteiger partial charge in [-0.2, -0.15) is 8.42 Å². The van der Waals surface area contributed by atoms with Crippen molar-refractivity contribution in [1.29, 1.82) is 0 Å². The van der Waals surface area contributed by atoms with E-state index in [0.29, 0.717) is 0 Å². The van der Waals surface area contributed by atoms with E-state index in [-0.39, 0.29) is 0 Å². The number of hydrogen-bond donors (Lipinski definition) is 1. The Kier molecular flexibility index (Phi) is 2.13. The molecule has 0 aromatic rings. The molecule has 4 nitrogen and oxygen atoms in total. The Hall–Kier alpha value is -0.200. The van der Waals surface area contributed by atoms with Crippen LogP contribution in [-0.4, -0.2) is 20.3 Å². The summed E-state index contributed by atoms with van der Waals surface area (Å²) in [7, 11) is -4.92. The van der Waals surface area contributed by atoms with Gasteiger partial charge in [0.15, 0.2) is 6.79 Å². The van der Waals surface area contributed by atoms with E-state index in [1.807, 2.05) is 0 Å². The first kappa shape index (κ1) is 6.80. The zero-order valence-corrected chi connectivity index (χ0v) is 3.98. The van der Waals surface area contributed by atoms with E-state index in [9.17, 15) is 12.3 Å². The maximum absolute atomic E-state index is 11.0. The van der Waals surface area contributed by atoms with Gasteiger partial charge in [-0.1, -0.05) is 3.89 Å². The van der Waals surface area contributed by atoms with Crippen LogP contribution in [0, 0.1) is 0 Å². The van der Waals surface area contributed by atoms with Crippen LogP contribution in [0.3, 0.4) is 0 Å². The van der Waals surface area contributed by atoms with Gasteiger partial charge in [0.1, 0.15) is 0 Å². The SMILES string of the molecule is O=S(=O)(F)OCO. The molecule has 0 rings (SSSR count). The van der Waals surface area contributed by atoms with Crippen molar-refractivity contribution in [3.63, 3.8) is 0 Å². The average molecular weight is 130 g/mol. The largest absolute Gasteiger partial charge is 0.439 e. The molecule has 0 bridgehead atoms. The normalized spacial score (nSPS) is 11.7. The van der Waals surface area contributed by atoms with Crippen molar-refractivity contribution in [2.24, 2.45) is 0 Å². The fourth-order valence-corrected chi connectivity index (χ4v) is 0.189. The Morgan fingerprint density at radius 2 is 2.14 bits per heavy atom. The zero-order chi connectivity index (χ0) is 5.91. The van der Waals surface area contributed by atoms with E-state index in [4.69, 9.17) is 5.11 Å². The summed E-state index contributed by atoms with van der Waals surface area (Å²) >= 11 is 0. The summed E-state index contributed by atoms with van der Waals surface area (Å²) in [5, 5.41) is 7.56. The highest BCUT2D eigenvalue weighted by Gasteiger charge is 2.02. The number of hydrogen-bond acceptors (Lipinski definition) is 4. The summed E-state index contributed by atoms with van der Waals surface area (Å²) < 4.78 is 32.4. The van der Waals surface area contributed by atoms with Gasteiger partial charge in [0.05, 0.1) is 0 Å². The van der Waals surface area contributed by atoms with Crippen molar-refractivity contribution in [2.75, 3.05) is 6.79 Å². The Balaban J connectivity index is 3.60. The van der Waals surface area contributed by atoms with Crippen LogP contribution in [-0.2, 0) is 14.7 Å². The molecular weight excluding hydrogens is 127 g/mol. The smallest absolute Gasteiger partial charge is 0.369 e. The van der Waals surface area contributed by atoms with E-state index in [1.54, 1.807) is 0 Å². The molecule has 0 spiro atoms. The van der Waals surface area contributed by atoms with Gasteiger partial charge >= 0.3 is 10.5 Å². The van der Waals surface area contributed by atoms with E-state index < -0.39 is 17.3 Å². The monoisotopic (exact) mass is 130 g/mol. The van der Waals surface area contributed by atoms with Crippen LogP contribution in [0.25, 0.3) is 0 Å². The molecule has 1 N–H and O–H groups in total. The highest BCUT2D eigenvalue weighted by Crippen LogP contribution is 1.88. The van der Waals surface area contributed by atoms with Crippen molar-refractivity contribution in [3.8, 4) is 0 Å². The van der Waals surface area contributed by atoms with Crippen LogP contribution in [0.2, 0.25) is 0 Å². The summed E-state index contributed by atoms with van der Waals surface area (Å²) in [5.74, 6) is 0. The van der Waals surface area contributed by atoms with Gasteiger partial charge in [-0.25, -0.2) is 4.18 Å². The summed E-state index contributed by atoms with van der Waals surface area (Å²) in [5.41, 5.74) is 0. The molecule has 0 fully saturated rings. The topological polar surface area (TPSA) is 63.6 Å². The fourth-order valence-electron chi connectivity index (χ4n) is 0.0630. The predicted molar refractivity (Wildman–Crippen MR) is 18.2 cm³/mol. The molecule has 0 heterocycles. The third-order valence-corrected chi connectivity index (χ3v) is 0.580. The Morgan fingerprint density at radius 1 is 1.71 bits per heavy atom. The molecule has 0 radical (unpaired) electrons. The predicted octanol–water partition coefficient (Wildman–Crippen LogP) is -0.833. The van der Waals surface area contributed by atoms with Crippen LogP contribution in [0.15, 0.2) is 0 Å². The van der Waals surface area contributed by atoms with Crippen LogP contribution < -0.4 is 0 Å². The summed E-state index contributed by atoms with van der Waals surface area (Å²) in [6, 6.07) is 0. The minimum absolute atomic E-state index is 1.15. The third-order valence-electron chi connectivity index (χ3n) is 0.193. The molecule has 0 aliphatic heterocycles. The number of aliphatic hydroxyl groups is 1. The summed E-state index contributed by atoms with van der Waals surface area (Å²) in [4.78, 5) is 0. The van der Waals surface area contributed by atoms with Crippen molar-refractivity contribution in [3.05, 3.63) is 0 Å². The molecule has 0 aliphatic rings. The Morgan fingerprint density at radius 3 is 2.14 bits per heavy atom. The average Bonchev–Trinajstić information content (AvgIpc) is 1.30. The summed E-state index contributed by atoms with van der Waals surface area (Å²) in [6.45, 7) is -1.15. The number of aliphatic hydroxyl groups excluding tert-OH is 1. The lowest BCUT2D eigenvalue weighted by Gasteiger charge is -1.85. The molecule has 44 valence electrons. The fraction of sp³-hybridized carbons (Fsp3) is 1.00. The first-order chi connectivity index (χ1) is 3.06. The minimum atomic E-state index is -4.92. The number of rotatable bonds is 2.